The van der Waals surface area contributed by atoms with E-state index in [0.29, 0.717) is 31.5 Å². The summed E-state index contributed by atoms with van der Waals surface area (Å²) in [5, 5.41) is 35.3. The molecule has 4 N–H and O–H groups in total. The molecule has 0 aromatic carbocycles. The van der Waals surface area contributed by atoms with Crippen molar-refractivity contribution in [3.05, 3.63) is 36.0 Å². The van der Waals surface area contributed by atoms with Crippen LogP contribution < -0.4 is 5.32 Å². The summed E-state index contributed by atoms with van der Waals surface area (Å²) in [5.41, 5.74) is -1.78. The van der Waals surface area contributed by atoms with Crippen molar-refractivity contribution in [1.29, 1.82) is 0 Å². The van der Waals surface area contributed by atoms with Crippen LogP contribution in [0.15, 0.2) is 36.0 Å². The zero-order valence-corrected chi connectivity index (χ0v) is 29.5. The Morgan fingerprint density at radius 3 is 2.65 bits per heavy atom. The summed E-state index contributed by atoms with van der Waals surface area (Å²) in [7, 11) is 0. The van der Waals surface area contributed by atoms with Crippen molar-refractivity contribution in [2.24, 2.45) is 11.8 Å². The van der Waals surface area contributed by atoms with E-state index in [4.69, 9.17) is 18.9 Å². The average molecular weight is 677 g/mol. The number of piperazine rings is 1. The van der Waals surface area contributed by atoms with Gasteiger partial charge in [-0.3, -0.25) is 9.59 Å². The topological polar surface area (TPSA) is 167 Å². The van der Waals surface area contributed by atoms with E-state index < -0.39 is 59.6 Å². The molecule has 0 aromatic rings. The molecule has 3 saturated heterocycles. The van der Waals surface area contributed by atoms with Crippen molar-refractivity contribution in [3.63, 3.8) is 0 Å². The summed E-state index contributed by atoms with van der Waals surface area (Å²) in [6.07, 6.45) is 6.52. The van der Waals surface area contributed by atoms with E-state index in [0.717, 1.165) is 6.42 Å². The molecule has 0 spiro atoms. The van der Waals surface area contributed by atoms with Gasteiger partial charge in [-0.25, -0.2) is 4.79 Å². The third-order valence-electron chi connectivity index (χ3n) is 10.2. The molecule has 0 radical (unpaired) electrons. The van der Waals surface area contributed by atoms with Crippen LogP contribution in [-0.2, 0) is 28.5 Å². The molecule has 4 rings (SSSR count). The Labute approximate surface area is 284 Å². The second-order valence-electron chi connectivity index (χ2n) is 14.7. The monoisotopic (exact) mass is 676 g/mol. The first-order valence-electron chi connectivity index (χ1n) is 17.4. The highest BCUT2D eigenvalue weighted by Gasteiger charge is 2.48. The highest BCUT2D eigenvalue weighted by Crippen LogP contribution is 2.38. The number of carbonyl (C=O) groups excluding carboxylic acids is 3. The van der Waals surface area contributed by atoms with E-state index in [-0.39, 0.29) is 49.5 Å². The van der Waals surface area contributed by atoms with Gasteiger partial charge in [-0.05, 0) is 58.1 Å². The minimum absolute atomic E-state index is 0.0200. The first kappa shape index (κ1) is 38.0. The van der Waals surface area contributed by atoms with Gasteiger partial charge in [0.05, 0.1) is 36.4 Å². The molecule has 48 heavy (non-hydrogen) atoms. The predicted octanol–water partition coefficient (Wildman–Crippen LogP) is 3.33. The quantitative estimate of drug-likeness (QED) is 0.0881. The van der Waals surface area contributed by atoms with Crippen LogP contribution in [0.3, 0.4) is 0 Å². The fraction of sp³-hybridized carbons (Fsp3) is 0.750. The van der Waals surface area contributed by atoms with E-state index in [2.05, 4.69) is 5.32 Å². The summed E-state index contributed by atoms with van der Waals surface area (Å²) in [5.74, 6) is -1.56. The van der Waals surface area contributed by atoms with Crippen molar-refractivity contribution in [3.8, 4) is 0 Å². The minimum Gasteiger partial charge on any atom is -0.457 e. The maximum Gasteiger partial charge on any atom is 0.410 e. The van der Waals surface area contributed by atoms with Crippen molar-refractivity contribution < 1.29 is 48.7 Å². The molecule has 1 amide bonds. The molecule has 270 valence electrons. The van der Waals surface area contributed by atoms with E-state index in [1.54, 1.807) is 49.1 Å². The number of cyclic esters (lactones) is 1. The van der Waals surface area contributed by atoms with Crippen LogP contribution in [0.4, 0.5) is 4.79 Å². The van der Waals surface area contributed by atoms with Gasteiger partial charge in [-0.1, -0.05) is 45.1 Å². The maximum atomic E-state index is 13.4. The molecule has 12 heteroatoms. The number of aliphatic hydroxyl groups is 3. The number of amides is 1. The number of hydrogen-bond acceptors (Lipinski definition) is 11. The number of ether oxygens (including phenoxy) is 4. The number of likely N-dealkylation sites (tertiary alicyclic amines) is 1. The van der Waals surface area contributed by atoms with Gasteiger partial charge in [0.1, 0.15) is 11.7 Å². The van der Waals surface area contributed by atoms with Crippen LogP contribution in [0.25, 0.3) is 0 Å². The normalized spacial score (nSPS) is 36.8. The molecule has 5 unspecified atom stereocenters. The van der Waals surface area contributed by atoms with Gasteiger partial charge in [-0.15, -0.1) is 0 Å². The first-order chi connectivity index (χ1) is 22.5. The SMILES string of the molecule is CC[C@H](O)[C@@H](C)[C@H]1O[C@@H]1C[C@@](C)(O)/C=C/C=C(\C)C1OC(=O)CC(O)CCC(C)(OC(C)=O)C(OC(=O)N2C[C@@H]3C[C@H]2CN3)C=CC1C. The zero-order valence-electron chi connectivity index (χ0n) is 29.5. The number of esters is 2. The van der Waals surface area contributed by atoms with Gasteiger partial charge in [0.15, 0.2) is 6.10 Å². The summed E-state index contributed by atoms with van der Waals surface area (Å²) in [6, 6.07) is 0.273. The summed E-state index contributed by atoms with van der Waals surface area (Å²) < 4.78 is 23.5. The maximum absolute atomic E-state index is 13.4. The molecule has 0 saturated carbocycles. The van der Waals surface area contributed by atoms with Crippen LogP contribution in [0, 0.1) is 11.8 Å². The molecule has 12 nitrogen and oxygen atoms in total. The Hall–Kier alpha value is -2.77. The lowest BCUT2D eigenvalue weighted by atomic mass is 9.88. The molecular formula is C36H56N2O10. The van der Waals surface area contributed by atoms with Gasteiger partial charge < -0.3 is 44.5 Å². The van der Waals surface area contributed by atoms with Crippen LogP contribution >= 0.6 is 0 Å². The van der Waals surface area contributed by atoms with Gasteiger partial charge in [0.2, 0.25) is 0 Å². The molecule has 4 aliphatic rings. The number of rotatable bonds is 10. The van der Waals surface area contributed by atoms with Gasteiger partial charge >= 0.3 is 18.0 Å². The van der Waals surface area contributed by atoms with Crippen LogP contribution in [-0.4, -0.2) is 111 Å². The van der Waals surface area contributed by atoms with Gasteiger partial charge in [-0.2, -0.15) is 0 Å². The van der Waals surface area contributed by atoms with Crippen molar-refractivity contribution >= 4 is 18.0 Å². The van der Waals surface area contributed by atoms with Crippen LogP contribution in [0.1, 0.15) is 87.0 Å². The fourth-order valence-electron chi connectivity index (χ4n) is 7.19. The van der Waals surface area contributed by atoms with E-state index in [1.165, 1.54) is 6.92 Å². The Morgan fingerprint density at radius 2 is 2.02 bits per heavy atom. The average Bonchev–Trinajstić information content (AvgIpc) is 3.40. The first-order valence-corrected chi connectivity index (χ1v) is 17.4. The lowest BCUT2D eigenvalue weighted by molar-refractivity contribution is -0.168. The highest BCUT2D eigenvalue weighted by atomic mass is 16.6. The Morgan fingerprint density at radius 1 is 1.29 bits per heavy atom. The molecule has 0 aromatic heterocycles. The van der Waals surface area contributed by atoms with E-state index in [1.807, 2.05) is 27.7 Å². The molecule has 4 aliphatic heterocycles. The second-order valence-corrected chi connectivity index (χ2v) is 14.7. The predicted molar refractivity (Wildman–Crippen MR) is 178 cm³/mol. The number of fused-ring (bicyclic) bond motifs is 2. The highest BCUT2D eigenvalue weighted by molar-refractivity contribution is 5.71. The number of aliphatic hydroxyl groups excluding tert-OH is 2. The smallest absolute Gasteiger partial charge is 0.410 e. The number of carbonyl (C=O) groups is 3. The molecule has 0 aliphatic carbocycles. The molecule has 2 bridgehead atoms. The molecule has 12 atom stereocenters. The lowest BCUT2D eigenvalue weighted by Gasteiger charge is -2.37. The standard InChI is InChI=1S/C36H56N2O10/c1-8-28(41)23(4)33-29(45-33)18-35(6,44)14-9-10-21(2)32-22(3)11-12-30(46-34(43)38-20-25-16-26(38)19-37-25)36(7,48-24(5)39)15-13-27(40)17-31(42)47-32/h9-12,14,22-23,25-30,32-33,37,40-41,44H,8,13,15-20H2,1-7H3/b12-11?,14-9+,21-10+/t22?,23-,25+,26+,27?,28+,29-,30?,32?,33-,35+,36?/m1/s1. The molecule has 3 fully saturated rings. The third-order valence-corrected chi connectivity index (χ3v) is 10.2. The largest absolute Gasteiger partial charge is 0.457 e. The summed E-state index contributed by atoms with van der Waals surface area (Å²) in [6.45, 7) is 13.4. The minimum atomic E-state index is -1.30. The number of nitrogens with zero attached hydrogens (tertiary/aromatic N) is 1. The van der Waals surface area contributed by atoms with E-state index in [9.17, 15) is 29.7 Å². The molecular weight excluding hydrogens is 620 g/mol. The fourth-order valence-corrected chi connectivity index (χ4v) is 7.19. The van der Waals surface area contributed by atoms with Crippen LogP contribution in [0.5, 0.6) is 0 Å². The Kier molecular flexibility index (Phi) is 12.6. The van der Waals surface area contributed by atoms with Crippen molar-refractivity contribution in [2.75, 3.05) is 13.1 Å². The summed E-state index contributed by atoms with van der Waals surface area (Å²) >= 11 is 0. The third kappa shape index (κ3) is 9.90. The number of allylic oxidation sites excluding steroid dienone is 2. The number of nitrogens with one attached hydrogen (secondary N) is 1. The van der Waals surface area contributed by atoms with E-state index >= 15 is 0 Å². The second kappa shape index (κ2) is 15.8. The van der Waals surface area contributed by atoms with Gasteiger partial charge in [0, 0.05) is 50.4 Å². The Bertz CT molecular complexity index is 1250. The summed E-state index contributed by atoms with van der Waals surface area (Å²) in [4.78, 5) is 40.3. The Balaban J connectivity index is 1.52. The number of epoxide rings is 1. The van der Waals surface area contributed by atoms with Crippen molar-refractivity contribution in [2.45, 2.75) is 147 Å². The van der Waals surface area contributed by atoms with Gasteiger partial charge in [0.25, 0.3) is 0 Å². The number of hydrogen-bond donors (Lipinski definition) is 4. The lowest BCUT2D eigenvalue weighted by Crippen LogP contribution is -2.51. The van der Waals surface area contributed by atoms with Crippen molar-refractivity contribution in [1.82, 2.24) is 10.2 Å². The molecule has 4 heterocycles. The zero-order chi connectivity index (χ0) is 35.4. The van der Waals surface area contributed by atoms with Crippen LogP contribution in [0.2, 0.25) is 0 Å².